The Hall–Kier alpha value is -2.86. The second kappa shape index (κ2) is 9.19. The van der Waals surface area contributed by atoms with E-state index in [4.69, 9.17) is 4.74 Å². The predicted molar refractivity (Wildman–Crippen MR) is 108 cm³/mol. The number of carbonyl (C=O) groups excluding carboxylic acids is 2. The number of nitrogens with zero attached hydrogens (tertiary/aromatic N) is 1. The van der Waals surface area contributed by atoms with Gasteiger partial charge in [-0.25, -0.2) is 0 Å². The van der Waals surface area contributed by atoms with Crippen molar-refractivity contribution in [3.63, 3.8) is 0 Å². The second-order valence-corrected chi connectivity index (χ2v) is 6.74. The Labute approximate surface area is 160 Å². The van der Waals surface area contributed by atoms with Crippen molar-refractivity contribution in [2.45, 2.75) is 20.8 Å². The van der Waals surface area contributed by atoms with Crippen LogP contribution in [0.25, 0.3) is 0 Å². The van der Waals surface area contributed by atoms with E-state index < -0.39 is 0 Å². The van der Waals surface area contributed by atoms with Crippen molar-refractivity contribution in [3.05, 3.63) is 53.1 Å². The molecule has 0 bridgehead atoms. The molecule has 2 amide bonds. The van der Waals surface area contributed by atoms with Gasteiger partial charge in [0.05, 0.1) is 25.9 Å². The summed E-state index contributed by atoms with van der Waals surface area (Å²) in [6, 6.07) is 11.4. The molecule has 6 nitrogen and oxygen atoms in total. The summed E-state index contributed by atoms with van der Waals surface area (Å²) < 4.78 is 5.27. The zero-order chi connectivity index (χ0) is 20.0. The van der Waals surface area contributed by atoms with Crippen LogP contribution in [0.1, 0.15) is 16.7 Å². The topological polar surface area (TPSA) is 70.7 Å². The van der Waals surface area contributed by atoms with Gasteiger partial charge in [-0.15, -0.1) is 0 Å². The number of methoxy groups -OCH3 is 1. The lowest BCUT2D eigenvalue weighted by Crippen LogP contribution is -2.36. The molecule has 2 rings (SSSR count). The van der Waals surface area contributed by atoms with Gasteiger partial charge in [0.2, 0.25) is 11.8 Å². The van der Waals surface area contributed by atoms with E-state index in [1.165, 1.54) is 0 Å². The number of hydrogen-bond acceptors (Lipinski definition) is 4. The molecule has 0 atom stereocenters. The first-order valence-corrected chi connectivity index (χ1v) is 8.79. The van der Waals surface area contributed by atoms with E-state index in [2.05, 4.69) is 10.6 Å². The van der Waals surface area contributed by atoms with Gasteiger partial charge >= 0.3 is 0 Å². The molecule has 0 aliphatic heterocycles. The maximum atomic E-state index is 12.3. The fourth-order valence-electron chi connectivity index (χ4n) is 2.85. The minimum absolute atomic E-state index is 0.0945. The zero-order valence-electron chi connectivity index (χ0n) is 16.6. The number of ether oxygens (including phenoxy) is 1. The van der Waals surface area contributed by atoms with E-state index in [1.54, 1.807) is 19.1 Å². The number of aryl methyl sites for hydroxylation is 3. The van der Waals surface area contributed by atoms with Crippen molar-refractivity contribution in [2.75, 3.05) is 37.9 Å². The molecule has 2 aromatic rings. The molecular formula is C21H27N3O3. The van der Waals surface area contributed by atoms with Crippen LogP contribution in [0, 0.1) is 20.8 Å². The van der Waals surface area contributed by atoms with Gasteiger partial charge in [-0.1, -0.05) is 24.3 Å². The summed E-state index contributed by atoms with van der Waals surface area (Å²) >= 11 is 0. The molecule has 0 aromatic heterocycles. The summed E-state index contributed by atoms with van der Waals surface area (Å²) in [7, 11) is 3.29. The average molecular weight is 369 g/mol. The predicted octanol–water partition coefficient (Wildman–Crippen LogP) is 3.13. The van der Waals surface area contributed by atoms with Gasteiger partial charge in [-0.2, -0.15) is 0 Å². The van der Waals surface area contributed by atoms with E-state index in [-0.39, 0.29) is 24.9 Å². The Morgan fingerprint density at radius 2 is 1.56 bits per heavy atom. The molecule has 0 heterocycles. The molecule has 0 fully saturated rings. The fraction of sp³-hybridized carbons (Fsp3) is 0.333. The lowest BCUT2D eigenvalue weighted by atomic mass is 10.1. The highest BCUT2D eigenvalue weighted by Gasteiger charge is 2.14. The minimum Gasteiger partial charge on any atom is -0.495 e. The van der Waals surface area contributed by atoms with E-state index in [0.29, 0.717) is 11.4 Å². The maximum Gasteiger partial charge on any atom is 0.238 e. The molecule has 144 valence electrons. The van der Waals surface area contributed by atoms with Gasteiger partial charge in [0, 0.05) is 5.69 Å². The molecule has 0 unspecified atom stereocenters. The first-order valence-electron chi connectivity index (χ1n) is 8.79. The highest BCUT2D eigenvalue weighted by Crippen LogP contribution is 2.25. The summed E-state index contributed by atoms with van der Waals surface area (Å²) in [5, 5.41) is 5.76. The van der Waals surface area contributed by atoms with Crippen LogP contribution in [0.3, 0.4) is 0 Å². The van der Waals surface area contributed by atoms with Crippen LogP contribution < -0.4 is 15.4 Å². The minimum atomic E-state index is -0.207. The number of benzene rings is 2. The van der Waals surface area contributed by atoms with E-state index in [1.807, 2.05) is 57.2 Å². The third-order valence-corrected chi connectivity index (χ3v) is 4.20. The van der Waals surface area contributed by atoms with Gasteiger partial charge in [0.15, 0.2) is 0 Å². The van der Waals surface area contributed by atoms with Crippen LogP contribution in [-0.4, -0.2) is 44.0 Å². The highest BCUT2D eigenvalue weighted by molar-refractivity contribution is 5.96. The van der Waals surface area contributed by atoms with Gasteiger partial charge in [-0.05, 0) is 56.6 Å². The summed E-state index contributed by atoms with van der Waals surface area (Å²) in [6.45, 7) is 6.06. The Morgan fingerprint density at radius 1 is 0.963 bits per heavy atom. The lowest BCUT2D eigenvalue weighted by Gasteiger charge is -2.18. The monoisotopic (exact) mass is 369 g/mol. The van der Waals surface area contributed by atoms with Crippen LogP contribution in [0.2, 0.25) is 0 Å². The highest BCUT2D eigenvalue weighted by atomic mass is 16.5. The average Bonchev–Trinajstić information content (AvgIpc) is 2.58. The number of likely N-dealkylation sites (N-methyl/N-ethyl adjacent to an activating group) is 1. The Bertz CT molecular complexity index is 813. The van der Waals surface area contributed by atoms with Crippen LogP contribution in [0.5, 0.6) is 5.75 Å². The molecule has 0 saturated heterocycles. The van der Waals surface area contributed by atoms with Crippen molar-refractivity contribution in [1.82, 2.24) is 4.90 Å². The maximum absolute atomic E-state index is 12.3. The van der Waals surface area contributed by atoms with Gasteiger partial charge in [0.1, 0.15) is 5.75 Å². The molecule has 0 spiro atoms. The molecule has 27 heavy (non-hydrogen) atoms. The van der Waals surface area contributed by atoms with Crippen molar-refractivity contribution in [1.29, 1.82) is 0 Å². The summed E-state index contributed by atoms with van der Waals surface area (Å²) in [4.78, 5) is 26.3. The van der Waals surface area contributed by atoms with E-state index in [9.17, 15) is 9.59 Å². The van der Waals surface area contributed by atoms with Crippen LogP contribution >= 0.6 is 0 Å². The van der Waals surface area contributed by atoms with Crippen molar-refractivity contribution >= 4 is 23.2 Å². The summed E-state index contributed by atoms with van der Waals surface area (Å²) in [5.74, 6) is 0.237. The molecule has 6 heteroatoms. The number of nitrogens with one attached hydrogen (secondary N) is 2. The zero-order valence-corrected chi connectivity index (χ0v) is 16.6. The van der Waals surface area contributed by atoms with Crippen molar-refractivity contribution in [3.8, 4) is 5.75 Å². The fourth-order valence-corrected chi connectivity index (χ4v) is 2.85. The van der Waals surface area contributed by atoms with Gasteiger partial charge in [-0.3, -0.25) is 14.5 Å². The van der Waals surface area contributed by atoms with Crippen molar-refractivity contribution in [2.24, 2.45) is 0 Å². The smallest absolute Gasteiger partial charge is 0.238 e. The van der Waals surface area contributed by atoms with Gasteiger partial charge < -0.3 is 15.4 Å². The van der Waals surface area contributed by atoms with E-state index in [0.717, 1.165) is 22.4 Å². The number of amides is 2. The normalized spacial score (nSPS) is 10.6. The molecule has 2 aromatic carbocycles. The van der Waals surface area contributed by atoms with Crippen LogP contribution in [-0.2, 0) is 9.59 Å². The third kappa shape index (κ3) is 5.82. The van der Waals surface area contributed by atoms with Crippen LogP contribution in [0.15, 0.2) is 36.4 Å². The Balaban J connectivity index is 1.91. The summed E-state index contributed by atoms with van der Waals surface area (Å²) in [6.07, 6.45) is 0. The quantitative estimate of drug-likeness (QED) is 0.787. The Morgan fingerprint density at radius 3 is 2.15 bits per heavy atom. The molecule has 0 aliphatic carbocycles. The Kier molecular flexibility index (Phi) is 6.96. The molecule has 0 radical (unpaired) electrons. The van der Waals surface area contributed by atoms with Crippen LogP contribution in [0.4, 0.5) is 11.4 Å². The number of para-hydroxylation sites is 1. The molecule has 2 N–H and O–H groups in total. The molecule has 0 aliphatic rings. The molecule has 0 saturated carbocycles. The largest absolute Gasteiger partial charge is 0.495 e. The first-order chi connectivity index (χ1) is 12.8. The summed E-state index contributed by atoms with van der Waals surface area (Å²) in [5.41, 5.74) is 4.48. The number of anilines is 2. The van der Waals surface area contributed by atoms with E-state index >= 15 is 0 Å². The number of hydrogen-bond donors (Lipinski definition) is 2. The number of carbonyl (C=O) groups is 2. The standard InChI is InChI=1S/C21H27N3O3/c1-14-9-10-18(27-5)17(11-14)22-19(25)12-24(4)13-20(26)23-21-15(2)7-6-8-16(21)3/h6-11H,12-13H2,1-5H3,(H,22,25)(H,23,26). The first kappa shape index (κ1) is 20.5. The van der Waals surface area contributed by atoms with Crippen molar-refractivity contribution < 1.29 is 14.3 Å². The second-order valence-electron chi connectivity index (χ2n) is 6.74. The third-order valence-electron chi connectivity index (χ3n) is 4.20. The van der Waals surface area contributed by atoms with Gasteiger partial charge in [0.25, 0.3) is 0 Å². The molecular weight excluding hydrogens is 342 g/mol. The number of rotatable bonds is 7. The SMILES string of the molecule is COc1ccc(C)cc1NC(=O)CN(C)CC(=O)Nc1c(C)cccc1C. The lowest BCUT2D eigenvalue weighted by molar-refractivity contribution is -0.119.